The van der Waals surface area contributed by atoms with Crippen LogP contribution in [-0.2, 0) is 19.1 Å². The number of methoxy groups -OCH3 is 1. The van der Waals surface area contributed by atoms with Crippen molar-refractivity contribution in [2.45, 2.75) is 17.7 Å². The van der Waals surface area contributed by atoms with Crippen LogP contribution in [0.15, 0.2) is 72.5 Å². The maximum Gasteiger partial charge on any atom is 0.269 e. The first-order chi connectivity index (χ1) is 14.9. The highest BCUT2D eigenvalue weighted by atomic mass is 19.1. The minimum Gasteiger partial charge on any atom is -0.368 e. The van der Waals surface area contributed by atoms with Crippen LogP contribution in [0.4, 0.5) is 14.5 Å². The smallest absolute Gasteiger partial charge is 0.269 e. The Hall–Kier alpha value is -3.65. The molecule has 2 aromatic carbocycles. The number of benzene rings is 2. The number of ketones is 3. The number of carbonyl (C=O) groups is 3. The fourth-order valence-corrected chi connectivity index (χ4v) is 3.79. The molecule has 0 radical (unpaired) electrons. The normalized spacial score (nSPS) is 23.4. The first-order valence-electron chi connectivity index (χ1n) is 9.48. The van der Waals surface area contributed by atoms with Gasteiger partial charge in [-0.3, -0.25) is 14.4 Å². The van der Waals surface area contributed by atoms with E-state index in [1.165, 1.54) is 37.4 Å². The van der Waals surface area contributed by atoms with Crippen molar-refractivity contribution in [1.29, 1.82) is 0 Å². The Morgan fingerprint density at radius 3 is 2.32 bits per heavy atom. The summed E-state index contributed by atoms with van der Waals surface area (Å²) in [6.07, 6.45) is 5.08. The standard InChI is InChI=1S/C23H18F2N2O4/c1-31-23(27-16-5-2-4-15(25)12-16)17(13-8-10-14(24)11-9-13)6-3-7-18(23)26-19-20(28)22(30)21(19)29/h2-12,17,19,26-27H,1H3. The molecule has 2 aliphatic carbocycles. The van der Waals surface area contributed by atoms with Crippen LogP contribution in [0, 0.1) is 11.6 Å². The van der Waals surface area contributed by atoms with Crippen molar-refractivity contribution < 1.29 is 27.9 Å². The Kier molecular flexibility index (Phi) is 5.24. The quantitative estimate of drug-likeness (QED) is 0.421. The van der Waals surface area contributed by atoms with Gasteiger partial charge >= 0.3 is 0 Å². The highest BCUT2D eigenvalue weighted by molar-refractivity contribution is 6.78. The van der Waals surface area contributed by atoms with Gasteiger partial charge in [0.15, 0.2) is 11.8 Å². The summed E-state index contributed by atoms with van der Waals surface area (Å²) in [5.74, 6) is -4.18. The molecular weight excluding hydrogens is 406 g/mol. The number of nitrogens with one attached hydrogen (secondary N) is 2. The van der Waals surface area contributed by atoms with Crippen molar-refractivity contribution in [1.82, 2.24) is 5.32 Å². The molecular formula is C23H18F2N2O4. The summed E-state index contributed by atoms with van der Waals surface area (Å²) in [7, 11) is 1.41. The average molecular weight is 424 g/mol. The molecule has 1 saturated carbocycles. The minimum absolute atomic E-state index is 0.287. The number of hydrogen-bond donors (Lipinski definition) is 2. The lowest BCUT2D eigenvalue weighted by Crippen LogP contribution is -2.64. The summed E-state index contributed by atoms with van der Waals surface area (Å²) >= 11 is 0. The van der Waals surface area contributed by atoms with E-state index in [2.05, 4.69) is 10.6 Å². The zero-order chi connectivity index (χ0) is 22.2. The Morgan fingerprint density at radius 1 is 0.968 bits per heavy atom. The largest absolute Gasteiger partial charge is 0.368 e. The van der Waals surface area contributed by atoms with E-state index in [0.29, 0.717) is 11.3 Å². The number of Topliss-reactive ketones (excluding diaryl/α,β-unsaturated/α-hetero) is 3. The van der Waals surface area contributed by atoms with E-state index >= 15 is 0 Å². The monoisotopic (exact) mass is 424 g/mol. The van der Waals surface area contributed by atoms with Gasteiger partial charge in [0.05, 0.1) is 11.6 Å². The van der Waals surface area contributed by atoms with Crippen LogP contribution >= 0.6 is 0 Å². The maximum absolute atomic E-state index is 13.8. The van der Waals surface area contributed by atoms with Gasteiger partial charge in [0.25, 0.3) is 5.78 Å². The van der Waals surface area contributed by atoms with E-state index in [1.807, 2.05) is 0 Å². The molecule has 2 unspecified atom stereocenters. The molecule has 0 spiro atoms. The van der Waals surface area contributed by atoms with Crippen molar-refractivity contribution in [3.8, 4) is 0 Å². The molecule has 6 nitrogen and oxygen atoms in total. The number of ether oxygens (including phenoxy) is 1. The van der Waals surface area contributed by atoms with E-state index in [1.54, 1.807) is 36.4 Å². The average Bonchev–Trinajstić information content (AvgIpc) is 2.78. The topological polar surface area (TPSA) is 84.5 Å². The van der Waals surface area contributed by atoms with Gasteiger partial charge in [-0.2, -0.15) is 0 Å². The van der Waals surface area contributed by atoms with Crippen molar-refractivity contribution in [3.63, 3.8) is 0 Å². The number of halogens is 2. The molecule has 31 heavy (non-hydrogen) atoms. The number of carbonyl (C=O) groups excluding carboxylic acids is 3. The van der Waals surface area contributed by atoms with Crippen molar-refractivity contribution in [2.24, 2.45) is 0 Å². The van der Waals surface area contributed by atoms with Crippen LogP contribution < -0.4 is 10.6 Å². The molecule has 8 heteroatoms. The highest BCUT2D eigenvalue weighted by Crippen LogP contribution is 2.41. The first-order valence-corrected chi connectivity index (χ1v) is 9.48. The first kappa shape index (κ1) is 20.6. The molecule has 2 aromatic rings. The molecule has 0 saturated heterocycles. The summed E-state index contributed by atoms with van der Waals surface area (Å²) in [5, 5.41) is 5.95. The number of rotatable bonds is 6. The molecule has 1 fully saturated rings. The van der Waals surface area contributed by atoms with Crippen molar-refractivity contribution in [3.05, 3.63) is 89.7 Å². The van der Waals surface area contributed by atoms with Crippen LogP contribution in [0.1, 0.15) is 11.5 Å². The second-order valence-corrected chi connectivity index (χ2v) is 7.20. The summed E-state index contributed by atoms with van der Waals surface area (Å²) in [4.78, 5) is 35.2. The Labute approximate surface area is 176 Å². The molecule has 158 valence electrons. The molecule has 2 aliphatic rings. The fraction of sp³-hybridized carbons (Fsp3) is 0.174. The molecule has 0 heterocycles. The third-order valence-corrected chi connectivity index (χ3v) is 5.38. The predicted molar refractivity (Wildman–Crippen MR) is 108 cm³/mol. The van der Waals surface area contributed by atoms with Crippen molar-refractivity contribution >= 4 is 23.0 Å². The maximum atomic E-state index is 13.8. The van der Waals surface area contributed by atoms with E-state index < -0.39 is 46.7 Å². The third-order valence-electron chi connectivity index (χ3n) is 5.38. The number of anilines is 1. The van der Waals surface area contributed by atoms with Gasteiger partial charge in [-0.05, 0) is 42.0 Å². The van der Waals surface area contributed by atoms with Gasteiger partial charge in [-0.1, -0.05) is 30.4 Å². The van der Waals surface area contributed by atoms with Gasteiger partial charge in [0.1, 0.15) is 11.6 Å². The lowest BCUT2D eigenvalue weighted by molar-refractivity contribution is -0.154. The number of allylic oxidation sites excluding steroid dienone is 2. The van der Waals surface area contributed by atoms with Crippen LogP contribution in [0.3, 0.4) is 0 Å². The second-order valence-electron chi connectivity index (χ2n) is 7.20. The van der Waals surface area contributed by atoms with Gasteiger partial charge < -0.3 is 15.4 Å². The van der Waals surface area contributed by atoms with E-state index in [9.17, 15) is 23.2 Å². The zero-order valence-electron chi connectivity index (χ0n) is 16.4. The van der Waals surface area contributed by atoms with Gasteiger partial charge in [0.2, 0.25) is 11.6 Å². The summed E-state index contributed by atoms with van der Waals surface area (Å²) in [6.45, 7) is 0. The van der Waals surface area contributed by atoms with Crippen LogP contribution in [0.25, 0.3) is 0 Å². The molecule has 0 aromatic heterocycles. The SMILES string of the molecule is COC1(Nc2cccc(F)c2)C(NC2C(=O)C(=O)C2=O)=CC=CC1c1ccc(F)cc1. The number of hydrogen-bond acceptors (Lipinski definition) is 6. The Bertz CT molecular complexity index is 1110. The molecule has 0 amide bonds. The zero-order valence-corrected chi connectivity index (χ0v) is 16.4. The Morgan fingerprint density at radius 2 is 1.68 bits per heavy atom. The molecule has 4 rings (SSSR count). The van der Waals surface area contributed by atoms with Crippen LogP contribution in [0.5, 0.6) is 0 Å². The lowest BCUT2D eigenvalue weighted by atomic mass is 9.80. The molecule has 0 bridgehead atoms. The second kappa shape index (κ2) is 7.88. The van der Waals surface area contributed by atoms with Gasteiger partial charge in [0, 0.05) is 12.8 Å². The highest BCUT2D eigenvalue weighted by Gasteiger charge is 2.52. The Balaban J connectivity index is 1.78. The van der Waals surface area contributed by atoms with Gasteiger partial charge in [-0.25, -0.2) is 8.78 Å². The van der Waals surface area contributed by atoms with E-state index in [4.69, 9.17) is 4.74 Å². The van der Waals surface area contributed by atoms with Crippen LogP contribution in [-0.4, -0.2) is 36.2 Å². The molecule has 0 aliphatic heterocycles. The van der Waals surface area contributed by atoms with E-state index in [-0.39, 0.29) is 5.70 Å². The summed E-state index contributed by atoms with van der Waals surface area (Å²) in [6, 6.07) is 10.1. The van der Waals surface area contributed by atoms with Crippen LogP contribution in [0.2, 0.25) is 0 Å². The summed E-state index contributed by atoms with van der Waals surface area (Å²) in [5.41, 5.74) is -0.0905. The van der Waals surface area contributed by atoms with Gasteiger partial charge in [-0.15, -0.1) is 0 Å². The summed E-state index contributed by atoms with van der Waals surface area (Å²) < 4.78 is 33.2. The lowest BCUT2D eigenvalue weighted by Gasteiger charge is -2.44. The molecule has 2 atom stereocenters. The molecule has 2 N–H and O–H groups in total. The van der Waals surface area contributed by atoms with E-state index in [0.717, 1.165) is 0 Å². The third kappa shape index (κ3) is 3.55. The fourth-order valence-electron chi connectivity index (χ4n) is 3.79. The predicted octanol–water partition coefficient (Wildman–Crippen LogP) is 2.64. The minimum atomic E-state index is -1.42. The van der Waals surface area contributed by atoms with Crippen molar-refractivity contribution in [2.75, 3.05) is 12.4 Å².